The fourth-order valence-corrected chi connectivity index (χ4v) is 2.20. The molecule has 3 rings (SSSR count). The highest BCUT2D eigenvalue weighted by Gasteiger charge is 2.23. The quantitative estimate of drug-likeness (QED) is 0.805. The molecular formula is C13H14N4O. The summed E-state index contributed by atoms with van der Waals surface area (Å²) in [6, 6.07) is 7.99. The molecule has 1 unspecified atom stereocenters. The standard InChI is InChI=1S/C13H14N4O/c1-9-15-16-13-11(8-18-2)14-7-10-5-3-4-6-12(10)17(9)13/h3-7,11H,8H2,1-2H3. The van der Waals surface area contributed by atoms with Crippen molar-refractivity contribution >= 4 is 6.21 Å². The fourth-order valence-electron chi connectivity index (χ4n) is 2.20. The molecular weight excluding hydrogens is 228 g/mol. The highest BCUT2D eigenvalue weighted by molar-refractivity contribution is 5.85. The second-order valence-electron chi connectivity index (χ2n) is 4.25. The SMILES string of the molecule is COCC1N=Cc2ccccc2-n2c(C)nnc21. The number of rotatable bonds is 2. The van der Waals surface area contributed by atoms with Crippen molar-refractivity contribution in [2.75, 3.05) is 13.7 Å². The van der Waals surface area contributed by atoms with Crippen LogP contribution in [0.25, 0.3) is 5.69 Å². The first kappa shape index (κ1) is 11.1. The van der Waals surface area contributed by atoms with Gasteiger partial charge in [0.05, 0.1) is 12.3 Å². The molecule has 0 bridgehead atoms. The summed E-state index contributed by atoms with van der Waals surface area (Å²) >= 11 is 0. The van der Waals surface area contributed by atoms with Crippen LogP contribution in [0.15, 0.2) is 29.3 Å². The molecule has 2 aromatic rings. The molecule has 1 aliphatic heterocycles. The molecule has 0 aliphatic carbocycles. The number of hydrogen-bond acceptors (Lipinski definition) is 4. The van der Waals surface area contributed by atoms with Crippen molar-refractivity contribution in [3.8, 4) is 5.69 Å². The maximum Gasteiger partial charge on any atom is 0.164 e. The van der Waals surface area contributed by atoms with Crippen molar-refractivity contribution < 1.29 is 4.74 Å². The molecule has 0 radical (unpaired) electrons. The van der Waals surface area contributed by atoms with E-state index in [4.69, 9.17) is 4.74 Å². The van der Waals surface area contributed by atoms with Crippen LogP contribution in [0.5, 0.6) is 0 Å². The van der Waals surface area contributed by atoms with E-state index in [1.165, 1.54) is 0 Å². The summed E-state index contributed by atoms with van der Waals surface area (Å²) in [4.78, 5) is 4.54. The molecule has 0 saturated heterocycles. The average Bonchev–Trinajstić information content (AvgIpc) is 2.68. The Labute approximate surface area is 105 Å². The summed E-state index contributed by atoms with van der Waals surface area (Å²) in [6.45, 7) is 2.45. The van der Waals surface area contributed by atoms with Crippen LogP contribution in [-0.4, -0.2) is 34.7 Å². The Hall–Kier alpha value is -2.01. The molecule has 2 heterocycles. The van der Waals surface area contributed by atoms with Gasteiger partial charge in [-0.2, -0.15) is 0 Å². The molecule has 1 aromatic heterocycles. The molecule has 0 fully saturated rings. The predicted octanol–water partition coefficient (Wildman–Crippen LogP) is 1.70. The number of aryl methyl sites for hydroxylation is 1. The van der Waals surface area contributed by atoms with Crippen molar-refractivity contribution in [1.82, 2.24) is 14.8 Å². The lowest BCUT2D eigenvalue weighted by atomic mass is 10.2. The monoisotopic (exact) mass is 242 g/mol. The summed E-state index contributed by atoms with van der Waals surface area (Å²) in [5, 5.41) is 8.39. The van der Waals surface area contributed by atoms with E-state index in [9.17, 15) is 0 Å². The fraction of sp³-hybridized carbons (Fsp3) is 0.308. The van der Waals surface area contributed by atoms with Crippen LogP contribution < -0.4 is 0 Å². The van der Waals surface area contributed by atoms with E-state index in [0.29, 0.717) is 6.61 Å². The van der Waals surface area contributed by atoms with Gasteiger partial charge in [-0.1, -0.05) is 18.2 Å². The average molecular weight is 242 g/mol. The van der Waals surface area contributed by atoms with E-state index in [2.05, 4.69) is 21.3 Å². The van der Waals surface area contributed by atoms with Gasteiger partial charge in [0, 0.05) is 18.9 Å². The molecule has 1 atom stereocenters. The zero-order chi connectivity index (χ0) is 12.5. The number of fused-ring (bicyclic) bond motifs is 3. The normalized spacial score (nSPS) is 17.1. The Morgan fingerprint density at radius 1 is 1.28 bits per heavy atom. The lowest BCUT2D eigenvalue weighted by Crippen LogP contribution is -2.10. The van der Waals surface area contributed by atoms with Gasteiger partial charge in [-0.25, -0.2) is 0 Å². The molecule has 0 spiro atoms. The highest BCUT2D eigenvalue weighted by atomic mass is 16.5. The minimum atomic E-state index is -0.108. The highest BCUT2D eigenvalue weighted by Crippen LogP contribution is 2.26. The minimum absolute atomic E-state index is 0.108. The van der Waals surface area contributed by atoms with Crippen molar-refractivity contribution in [2.45, 2.75) is 13.0 Å². The van der Waals surface area contributed by atoms with Gasteiger partial charge in [0.2, 0.25) is 0 Å². The third kappa shape index (κ3) is 1.64. The van der Waals surface area contributed by atoms with E-state index in [1.54, 1.807) is 7.11 Å². The maximum absolute atomic E-state index is 5.21. The number of benzene rings is 1. The molecule has 5 nitrogen and oxygen atoms in total. The molecule has 0 amide bonds. The summed E-state index contributed by atoms with van der Waals surface area (Å²) < 4.78 is 7.25. The van der Waals surface area contributed by atoms with Crippen molar-refractivity contribution in [3.05, 3.63) is 41.5 Å². The lowest BCUT2D eigenvalue weighted by molar-refractivity contribution is 0.178. The number of methoxy groups -OCH3 is 1. The molecule has 0 N–H and O–H groups in total. The van der Waals surface area contributed by atoms with Crippen LogP contribution in [0.3, 0.4) is 0 Å². The molecule has 0 saturated carbocycles. The Morgan fingerprint density at radius 3 is 2.94 bits per heavy atom. The number of hydrogen-bond donors (Lipinski definition) is 0. The van der Waals surface area contributed by atoms with Gasteiger partial charge in [-0.05, 0) is 13.0 Å². The van der Waals surface area contributed by atoms with Crippen LogP contribution in [0, 0.1) is 6.92 Å². The summed E-state index contributed by atoms with van der Waals surface area (Å²) in [5.41, 5.74) is 2.14. The summed E-state index contributed by atoms with van der Waals surface area (Å²) in [5.74, 6) is 1.69. The number of aromatic nitrogens is 3. The third-order valence-corrected chi connectivity index (χ3v) is 3.04. The second-order valence-corrected chi connectivity index (χ2v) is 4.25. The number of nitrogens with zero attached hydrogens (tertiary/aromatic N) is 4. The first-order chi connectivity index (χ1) is 8.81. The minimum Gasteiger partial charge on any atom is -0.382 e. The predicted molar refractivity (Wildman–Crippen MR) is 68.3 cm³/mol. The van der Waals surface area contributed by atoms with Gasteiger partial charge in [0.15, 0.2) is 5.82 Å². The lowest BCUT2D eigenvalue weighted by Gasteiger charge is -2.11. The zero-order valence-corrected chi connectivity index (χ0v) is 10.4. The van der Waals surface area contributed by atoms with Gasteiger partial charge < -0.3 is 4.74 Å². The van der Waals surface area contributed by atoms with E-state index >= 15 is 0 Å². The van der Waals surface area contributed by atoms with E-state index in [-0.39, 0.29) is 6.04 Å². The number of aliphatic imine (C=N–C) groups is 1. The first-order valence-corrected chi connectivity index (χ1v) is 5.84. The molecule has 1 aliphatic rings. The van der Waals surface area contributed by atoms with Crippen molar-refractivity contribution in [3.63, 3.8) is 0 Å². The van der Waals surface area contributed by atoms with Crippen LogP contribution in [-0.2, 0) is 4.74 Å². The third-order valence-electron chi connectivity index (χ3n) is 3.04. The summed E-state index contributed by atoms with van der Waals surface area (Å²) in [6.07, 6.45) is 1.88. The molecule has 1 aromatic carbocycles. The van der Waals surface area contributed by atoms with Gasteiger partial charge in [0.1, 0.15) is 11.9 Å². The van der Waals surface area contributed by atoms with Gasteiger partial charge >= 0.3 is 0 Å². The second kappa shape index (κ2) is 4.34. The first-order valence-electron chi connectivity index (χ1n) is 5.84. The number of ether oxygens (including phenoxy) is 1. The maximum atomic E-state index is 5.21. The Kier molecular flexibility index (Phi) is 2.68. The molecule has 5 heteroatoms. The smallest absolute Gasteiger partial charge is 0.164 e. The Balaban J connectivity index is 2.23. The number of para-hydroxylation sites is 1. The van der Waals surface area contributed by atoms with Crippen LogP contribution >= 0.6 is 0 Å². The van der Waals surface area contributed by atoms with Gasteiger partial charge in [-0.3, -0.25) is 9.56 Å². The van der Waals surface area contributed by atoms with E-state index < -0.39 is 0 Å². The zero-order valence-electron chi connectivity index (χ0n) is 10.4. The van der Waals surface area contributed by atoms with Crippen LogP contribution in [0.4, 0.5) is 0 Å². The van der Waals surface area contributed by atoms with Crippen molar-refractivity contribution in [1.29, 1.82) is 0 Å². The summed E-state index contributed by atoms with van der Waals surface area (Å²) in [7, 11) is 1.67. The van der Waals surface area contributed by atoms with E-state index in [0.717, 1.165) is 22.9 Å². The largest absolute Gasteiger partial charge is 0.382 e. The Morgan fingerprint density at radius 2 is 2.11 bits per heavy atom. The van der Waals surface area contributed by atoms with Crippen molar-refractivity contribution in [2.24, 2.45) is 4.99 Å². The topological polar surface area (TPSA) is 52.3 Å². The van der Waals surface area contributed by atoms with Crippen LogP contribution in [0.2, 0.25) is 0 Å². The van der Waals surface area contributed by atoms with Gasteiger partial charge in [-0.15, -0.1) is 10.2 Å². The van der Waals surface area contributed by atoms with Crippen LogP contribution in [0.1, 0.15) is 23.3 Å². The molecule has 18 heavy (non-hydrogen) atoms. The van der Waals surface area contributed by atoms with E-state index in [1.807, 2.05) is 35.9 Å². The molecule has 92 valence electrons. The Bertz CT molecular complexity index is 603. The van der Waals surface area contributed by atoms with Gasteiger partial charge in [0.25, 0.3) is 0 Å².